The fourth-order valence-corrected chi connectivity index (χ4v) is 1.48. The summed E-state index contributed by atoms with van der Waals surface area (Å²) in [5.41, 5.74) is 1.55. The average Bonchev–Trinajstić information content (AvgIpc) is 2.31. The molecule has 0 aliphatic heterocycles. The molecule has 0 atom stereocenters. The summed E-state index contributed by atoms with van der Waals surface area (Å²) in [7, 11) is 0. The molecule has 3 nitrogen and oxygen atoms in total. The zero-order valence-corrected chi connectivity index (χ0v) is 9.19. The predicted molar refractivity (Wildman–Crippen MR) is 61.5 cm³/mol. The van der Waals surface area contributed by atoms with Gasteiger partial charge in [-0.1, -0.05) is 12.1 Å². The second-order valence-electron chi connectivity index (χ2n) is 3.31. The summed E-state index contributed by atoms with van der Waals surface area (Å²) in [5, 5.41) is -0.442. The largest absolute Gasteiger partial charge is 0.276 e. The van der Waals surface area contributed by atoms with E-state index in [0.29, 0.717) is 12.0 Å². The van der Waals surface area contributed by atoms with E-state index in [0.717, 1.165) is 11.4 Å². The maximum atomic E-state index is 10.9. The second-order valence-corrected chi connectivity index (χ2v) is 3.66. The zero-order valence-electron chi connectivity index (χ0n) is 8.43. The first-order valence-electron chi connectivity index (χ1n) is 4.80. The van der Waals surface area contributed by atoms with Gasteiger partial charge in [0.05, 0.1) is 0 Å². The highest BCUT2D eigenvalue weighted by Crippen LogP contribution is 2.09. The van der Waals surface area contributed by atoms with E-state index in [1.807, 2.05) is 12.1 Å². The Morgan fingerprint density at radius 2 is 1.75 bits per heavy atom. The molecule has 1 aromatic carbocycles. The molecule has 0 N–H and O–H groups in total. The van der Waals surface area contributed by atoms with E-state index in [2.05, 4.69) is 9.97 Å². The molecule has 0 fully saturated rings. The van der Waals surface area contributed by atoms with E-state index in [1.165, 1.54) is 0 Å². The Labute approximate surface area is 98.1 Å². The summed E-state index contributed by atoms with van der Waals surface area (Å²) in [6.45, 7) is 0. The first kappa shape index (κ1) is 10.8. The van der Waals surface area contributed by atoms with Gasteiger partial charge in [0.25, 0.3) is 5.24 Å². The van der Waals surface area contributed by atoms with Crippen LogP contribution in [0.25, 0.3) is 0 Å². The molecular formula is C12H9ClN2O. The third kappa shape index (κ3) is 2.64. The molecule has 0 unspecified atom stereocenters. The molecule has 80 valence electrons. The van der Waals surface area contributed by atoms with Crippen LogP contribution in [0.1, 0.15) is 21.7 Å². The van der Waals surface area contributed by atoms with Crippen LogP contribution < -0.4 is 0 Å². The summed E-state index contributed by atoms with van der Waals surface area (Å²) in [6, 6.07) is 8.89. The minimum atomic E-state index is -0.442. The molecule has 1 aromatic heterocycles. The van der Waals surface area contributed by atoms with E-state index >= 15 is 0 Å². The molecule has 0 spiro atoms. The minimum absolute atomic E-state index is 0.442. The van der Waals surface area contributed by atoms with Gasteiger partial charge < -0.3 is 0 Å². The number of hydrogen-bond acceptors (Lipinski definition) is 3. The number of nitrogens with zero attached hydrogens (tertiary/aromatic N) is 2. The lowest BCUT2D eigenvalue weighted by molar-refractivity contribution is 0.108. The molecule has 16 heavy (non-hydrogen) atoms. The minimum Gasteiger partial charge on any atom is -0.276 e. The topological polar surface area (TPSA) is 42.9 Å². The lowest BCUT2D eigenvalue weighted by Gasteiger charge is -2.00. The van der Waals surface area contributed by atoms with Gasteiger partial charge in [0, 0.05) is 24.4 Å². The molecule has 0 aliphatic rings. The summed E-state index contributed by atoms with van der Waals surface area (Å²) in [6.07, 6.45) is 4.07. The number of hydrogen-bond donors (Lipinski definition) is 0. The Kier molecular flexibility index (Phi) is 3.27. The Hall–Kier alpha value is -1.74. The van der Waals surface area contributed by atoms with Crippen molar-refractivity contribution in [2.24, 2.45) is 0 Å². The van der Waals surface area contributed by atoms with Crippen molar-refractivity contribution in [3.05, 3.63) is 59.7 Å². The molecule has 0 bridgehead atoms. The summed E-state index contributed by atoms with van der Waals surface area (Å²) in [5.74, 6) is 0.757. The van der Waals surface area contributed by atoms with Crippen molar-refractivity contribution in [2.45, 2.75) is 6.42 Å². The zero-order chi connectivity index (χ0) is 11.4. The van der Waals surface area contributed by atoms with Crippen LogP contribution in [-0.2, 0) is 6.42 Å². The van der Waals surface area contributed by atoms with Gasteiger partial charge in [0.15, 0.2) is 0 Å². The standard InChI is InChI=1S/C12H9ClN2O/c13-12(16)10-4-2-9(3-5-10)8-11-14-6-1-7-15-11/h1-7H,8H2. The normalized spacial score (nSPS) is 10.1. The maximum Gasteiger partial charge on any atom is 0.252 e. The van der Waals surface area contributed by atoms with Crippen LogP contribution in [0, 0.1) is 0 Å². The first-order chi connectivity index (χ1) is 7.75. The number of benzene rings is 1. The van der Waals surface area contributed by atoms with Crippen molar-refractivity contribution in [2.75, 3.05) is 0 Å². The molecule has 0 amide bonds. The van der Waals surface area contributed by atoms with Crippen molar-refractivity contribution in [3.8, 4) is 0 Å². The Bertz CT molecular complexity index is 482. The molecule has 2 rings (SSSR count). The number of rotatable bonds is 3. The molecule has 4 heteroatoms. The highest BCUT2D eigenvalue weighted by atomic mass is 35.5. The number of carbonyl (C=O) groups is 1. The Morgan fingerprint density at radius 1 is 1.12 bits per heavy atom. The lowest BCUT2D eigenvalue weighted by Crippen LogP contribution is -1.96. The molecule has 0 saturated carbocycles. The van der Waals surface area contributed by atoms with Crippen LogP contribution in [0.4, 0.5) is 0 Å². The van der Waals surface area contributed by atoms with E-state index in [9.17, 15) is 4.79 Å². The SMILES string of the molecule is O=C(Cl)c1ccc(Cc2ncccn2)cc1. The number of halogens is 1. The fourth-order valence-electron chi connectivity index (χ4n) is 1.36. The number of aromatic nitrogens is 2. The van der Waals surface area contributed by atoms with E-state index in [-0.39, 0.29) is 0 Å². The van der Waals surface area contributed by atoms with Crippen LogP contribution in [0.3, 0.4) is 0 Å². The summed E-state index contributed by atoms with van der Waals surface area (Å²) >= 11 is 5.35. The molecule has 0 radical (unpaired) electrons. The maximum absolute atomic E-state index is 10.9. The van der Waals surface area contributed by atoms with Gasteiger partial charge in [-0.25, -0.2) is 9.97 Å². The van der Waals surface area contributed by atoms with Gasteiger partial charge in [0.2, 0.25) is 0 Å². The van der Waals surface area contributed by atoms with Crippen molar-refractivity contribution >= 4 is 16.8 Å². The quantitative estimate of drug-likeness (QED) is 0.764. The Morgan fingerprint density at radius 3 is 2.31 bits per heavy atom. The van der Waals surface area contributed by atoms with Gasteiger partial charge in [-0.2, -0.15) is 0 Å². The smallest absolute Gasteiger partial charge is 0.252 e. The second kappa shape index (κ2) is 4.86. The lowest BCUT2D eigenvalue weighted by atomic mass is 10.1. The third-order valence-corrected chi connectivity index (χ3v) is 2.38. The van der Waals surface area contributed by atoms with Crippen molar-refractivity contribution in [3.63, 3.8) is 0 Å². The van der Waals surface area contributed by atoms with E-state index in [1.54, 1.807) is 30.6 Å². The highest BCUT2D eigenvalue weighted by molar-refractivity contribution is 6.67. The van der Waals surface area contributed by atoms with Crippen LogP contribution in [0.2, 0.25) is 0 Å². The van der Waals surface area contributed by atoms with Crippen molar-refractivity contribution in [1.82, 2.24) is 9.97 Å². The molecular weight excluding hydrogens is 224 g/mol. The third-order valence-electron chi connectivity index (χ3n) is 2.16. The molecule has 1 heterocycles. The van der Waals surface area contributed by atoms with Crippen LogP contribution >= 0.6 is 11.6 Å². The van der Waals surface area contributed by atoms with Crippen LogP contribution in [-0.4, -0.2) is 15.2 Å². The fraction of sp³-hybridized carbons (Fsp3) is 0.0833. The van der Waals surface area contributed by atoms with Gasteiger partial charge in [-0.3, -0.25) is 4.79 Å². The molecule has 0 aliphatic carbocycles. The van der Waals surface area contributed by atoms with Crippen molar-refractivity contribution < 1.29 is 4.79 Å². The van der Waals surface area contributed by atoms with Gasteiger partial charge in [-0.15, -0.1) is 0 Å². The molecule has 0 saturated heterocycles. The van der Waals surface area contributed by atoms with E-state index in [4.69, 9.17) is 11.6 Å². The van der Waals surface area contributed by atoms with Crippen LogP contribution in [0.15, 0.2) is 42.7 Å². The number of carbonyl (C=O) groups excluding carboxylic acids is 1. The summed E-state index contributed by atoms with van der Waals surface area (Å²) in [4.78, 5) is 19.1. The van der Waals surface area contributed by atoms with Crippen molar-refractivity contribution in [1.29, 1.82) is 0 Å². The van der Waals surface area contributed by atoms with Crippen LogP contribution in [0.5, 0.6) is 0 Å². The monoisotopic (exact) mass is 232 g/mol. The molecule has 2 aromatic rings. The first-order valence-corrected chi connectivity index (χ1v) is 5.18. The summed E-state index contributed by atoms with van der Waals surface area (Å²) < 4.78 is 0. The Balaban J connectivity index is 2.14. The predicted octanol–water partition coefficient (Wildman–Crippen LogP) is 2.45. The van der Waals surface area contributed by atoms with E-state index < -0.39 is 5.24 Å². The van der Waals surface area contributed by atoms with Gasteiger partial charge in [0.1, 0.15) is 5.82 Å². The van der Waals surface area contributed by atoms with Gasteiger partial charge in [-0.05, 0) is 35.4 Å². The van der Waals surface area contributed by atoms with Gasteiger partial charge >= 0.3 is 0 Å². The highest BCUT2D eigenvalue weighted by Gasteiger charge is 2.02. The average molecular weight is 233 g/mol.